The molecule has 0 spiro atoms. The zero-order valence-corrected chi connectivity index (χ0v) is 13.7. The first-order valence-electron chi connectivity index (χ1n) is 7.99. The van der Waals surface area contributed by atoms with E-state index in [1.54, 1.807) is 11.0 Å². The molecule has 1 unspecified atom stereocenters. The van der Waals surface area contributed by atoms with E-state index in [1.165, 1.54) is 0 Å². The summed E-state index contributed by atoms with van der Waals surface area (Å²) in [5.41, 5.74) is 9.17. The number of morpholine rings is 1. The molecule has 1 amide bonds. The van der Waals surface area contributed by atoms with Crippen LogP contribution in [0.2, 0.25) is 0 Å². The van der Waals surface area contributed by atoms with Crippen molar-refractivity contribution in [2.75, 3.05) is 25.4 Å². The number of ether oxygens (including phenoxy) is 1. The molecule has 2 N–H and O–H groups in total. The summed E-state index contributed by atoms with van der Waals surface area (Å²) in [4.78, 5) is 18.7. The highest BCUT2D eigenvalue weighted by Crippen LogP contribution is 2.23. The molecule has 1 aromatic carbocycles. The molecule has 0 aliphatic carbocycles. The highest BCUT2D eigenvalue weighted by atomic mass is 16.5. The summed E-state index contributed by atoms with van der Waals surface area (Å²) in [6, 6.07) is 13.4. The third-order valence-electron chi connectivity index (χ3n) is 3.92. The molecule has 2 aromatic rings. The lowest BCUT2D eigenvalue weighted by atomic mass is 10.1. The molecule has 124 valence electrons. The lowest BCUT2D eigenvalue weighted by molar-refractivity contribution is -0.133. The highest BCUT2D eigenvalue weighted by molar-refractivity contribution is 5.91. The number of carbonyl (C=O) groups excluding carboxylic acids is 1. The fourth-order valence-electron chi connectivity index (χ4n) is 2.75. The number of hydrogen-bond donors (Lipinski definition) is 1. The lowest BCUT2D eigenvalue weighted by Crippen LogP contribution is -2.41. The fourth-order valence-corrected chi connectivity index (χ4v) is 2.75. The fraction of sp³-hybridized carbons (Fsp3) is 0.263. The Morgan fingerprint density at radius 1 is 1.33 bits per heavy atom. The molecular formula is C19H21N3O2. The van der Waals surface area contributed by atoms with Crippen molar-refractivity contribution in [3.63, 3.8) is 0 Å². The maximum absolute atomic E-state index is 12.4. The summed E-state index contributed by atoms with van der Waals surface area (Å²) in [5, 5.41) is 0. The number of benzene rings is 1. The molecule has 1 saturated heterocycles. The number of pyridine rings is 1. The third-order valence-corrected chi connectivity index (χ3v) is 3.92. The molecule has 1 aromatic heterocycles. The summed E-state index contributed by atoms with van der Waals surface area (Å²) in [6.07, 6.45) is 3.20. The van der Waals surface area contributed by atoms with Crippen LogP contribution in [0.5, 0.6) is 0 Å². The van der Waals surface area contributed by atoms with Gasteiger partial charge in [0.1, 0.15) is 6.10 Å². The molecule has 3 rings (SSSR count). The molecule has 1 aliphatic heterocycles. The minimum Gasteiger partial charge on any atom is -0.399 e. The van der Waals surface area contributed by atoms with Gasteiger partial charge in [0.05, 0.1) is 18.8 Å². The Morgan fingerprint density at radius 3 is 2.88 bits per heavy atom. The first kappa shape index (κ1) is 16.2. The van der Waals surface area contributed by atoms with Crippen molar-refractivity contribution in [3.05, 3.63) is 65.5 Å². The number of amides is 1. The van der Waals surface area contributed by atoms with E-state index in [1.807, 2.05) is 55.5 Å². The van der Waals surface area contributed by atoms with Gasteiger partial charge >= 0.3 is 0 Å². The average Bonchev–Trinajstić information content (AvgIpc) is 2.60. The van der Waals surface area contributed by atoms with Gasteiger partial charge in [-0.25, -0.2) is 0 Å². The third kappa shape index (κ3) is 4.00. The number of nitrogen functional groups attached to an aromatic ring is 1. The SMILES string of the molecule is Cc1cc(N)cc(C2CN(C(=O)C=Cc3ccccc3)CCO2)n1. The zero-order valence-electron chi connectivity index (χ0n) is 13.7. The van der Waals surface area contributed by atoms with Crippen molar-refractivity contribution in [3.8, 4) is 0 Å². The summed E-state index contributed by atoms with van der Waals surface area (Å²) < 4.78 is 5.78. The number of nitrogens with two attached hydrogens (primary N) is 1. The van der Waals surface area contributed by atoms with Crippen LogP contribution in [0.15, 0.2) is 48.5 Å². The summed E-state index contributed by atoms with van der Waals surface area (Å²) in [5.74, 6) is -0.0206. The van der Waals surface area contributed by atoms with Crippen LogP contribution in [0.4, 0.5) is 5.69 Å². The number of aryl methyl sites for hydroxylation is 1. The van der Waals surface area contributed by atoms with Crippen LogP contribution < -0.4 is 5.73 Å². The molecule has 5 heteroatoms. The van der Waals surface area contributed by atoms with Crippen LogP contribution in [-0.4, -0.2) is 35.5 Å². The maximum Gasteiger partial charge on any atom is 0.246 e. The van der Waals surface area contributed by atoms with E-state index < -0.39 is 0 Å². The van der Waals surface area contributed by atoms with Gasteiger partial charge < -0.3 is 15.4 Å². The van der Waals surface area contributed by atoms with E-state index in [2.05, 4.69) is 4.98 Å². The minimum atomic E-state index is -0.241. The van der Waals surface area contributed by atoms with Crippen LogP contribution in [-0.2, 0) is 9.53 Å². The first-order chi connectivity index (χ1) is 11.6. The summed E-state index contributed by atoms with van der Waals surface area (Å²) >= 11 is 0. The number of carbonyl (C=O) groups is 1. The van der Waals surface area contributed by atoms with Crippen molar-refractivity contribution in [1.82, 2.24) is 9.88 Å². The Hall–Kier alpha value is -2.66. The highest BCUT2D eigenvalue weighted by Gasteiger charge is 2.25. The standard InChI is InChI=1S/C19H21N3O2/c1-14-11-16(20)12-17(21-14)18-13-22(9-10-24-18)19(23)8-7-15-5-3-2-4-6-15/h2-8,11-12,18H,9-10,13H2,1H3,(H2,20,21). The van der Waals surface area contributed by atoms with E-state index in [9.17, 15) is 4.79 Å². The number of hydrogen-bond acceptors (Lipinski definition) is 4. The smallest absolute Gasteiger partial charge is 0.246 e. The second kappa shape index (κ2) is 7.27. The molecule has 1 fully saturated rings. The Morgan fingerprint density at radius 2 is 2.12 bits per heavy atom. The molecule has 5 nitrogen and oxygen atoms in total. The molecule has 0 radical (unpaired) electrons. The summed E-state index contributed by atoms with van der Waals surface area (Å²) in [6.45, 7) is 3.45. The molecule has 2 heterocycles. The molecular weight excluding hydrogens is 302 g/mol. The minimum absolute atomic E-state index is 0.0206. The van der Waals surface area contributed by atoms with Gasteiger partial charge in [-0.2, -0.15) is 0 Å². The van der Waals surface area contributed by atoms with Gasteiger partial charge in [-0.3, -0.25) is 9.78 Å². The van der Waals surface area contributed by atoms with Gasteiger partial charge in [0.2, 0.25) is 5.91 Å². The number of aromatic nitrogens is 1. The molecule has 0 bridgehead atoms. The topological polar surface area (TPSA) is 68.5 Å². The van der Waals surface area contributed by atoms with Crippen LogP contribution in [0.3, 0.4) is 0 Å². The second-order valence-electron chi connectivity index (χ2n) is 5.85. The summed E-state index contributed by atoms with van der Waals surface area (Å²) in [7, 11) is 0. The Balaban J connectivity index is 1.68. The second-order valence-corrected chi connectivity index (χ2v) is 5.85. The van der Waals surface area contributed by atoms with Crippen LogP contribution in [0.1, 0.15) is 23.1 Å². The van der Waals surface area contributed by atoms with Crippen LogP contribution in [0.25, 0.3) is 6.08 Å². The van der Waals surface area contributed by atoms with Crippen molar-refractivity contribution < 1.29 is 9.53 Å². The van der Waals surface area contributed by atoms with Gasteiger partial charge in [-0.05, 0) is 30.7 Å². The van der Waals surface area contributed by atoms with Crippen molar-refractivity contribution in [2.24, 2.45) is 0 Å². The Kier molecular flexibility index (Phi) is 4.91. The van der Waals surface area contributed by atoms with Gasteiger partial charge in [-0.1, -0.05) is 30.3 Å². The largest absolute Gasteiger partial charge is 0.399 e. The van der Waals surface area contributed by atoms with E-state index in [-0.39, 0.29) is 12.0 Å². The van der Waals surface area contributed by atoms with Crippen molar-refractivity contribution in [2.45, 2.75) is 13.0 Å². The predicted octanol–water partition coefficient (Wildman–Crippen LogP) is 2.59. The quantitative estimate of drug-likeness (QED) is 0.882. The molecule has 1 atom stereocenters. The number of nitrogens with zero attached hydrogens (tertiary/aromatic N) is 2. The van der Waals surface area contributed by atoms with Gasteiger partial charge in [-0.15, -0.1) is 0 Å². The van der Waals surface area contributed by atoms with E-state index in [0.29, 0.717) is 25.4 Å². The monoisotopic (exact) mass is 323 g/mol. The molecule has 0 saturated carbocycles. The number of anilines is 1. The van der Waals surface area contributed by atoms with Gasteiger partial charge in [0.15, 0.2) is 0 Å². The van der Waals surface area contributed by atoms with Crippen LogP contribution >= 0.6 is 0 Å². The lowest BCUT2D eigenvalue weighted by Gasteiger charge is -2.32. The Bertz CT molecular complexity index is 723. The van der Waals surface area contributed by atoms with Gasteiger partial charge in [0.25, 0.3) is 0 Å². The van der Waals surface area contributed by atoms with Crippen molar-refractivity contribution >= 4 is 17.7 Å². The zero-order chi connectivity index (χ0) is 16.9. The molecule has 1 aliphatic rings. The molecule has 24 heavy (non-hydrogen) atoms. The van der Waals surface area contributed by atoms with E-state index in [0.717, 1.165) is 17.0 Å². The van der Waals surface area contributed by atoms with Gasteiger partial charge in [0, 0.05) is 24.0 Å². The van der Waals surface area contributed by atoms with Crippen LogP contribution in [0, 0.1) is 6.92 Å². The van der Waals surface area contributed by atoms with Crippen molar-refractivity contribution in [1.29, 1.82) is 0 Å². The average molecular weight is 323 g/mol. The Labute approximate surface area is 141 Å². The van der Waals surface area contributed by atoms with E-state index >= 15 is 0 Å². The first-order valence-corrected chi connectivity index (χ1v) is 7.99. The number of rotatable bonds is 3. The predicted molar refractivity (Wildman–Crippen MR) is 94.1 cm³/mol. The maximum atomic E-state index is 12.4. The van der Waals surface area contributed by atoms with E-state index in [4.69, 9.17) is 10.5 Å². The normalized spacial score (nSPS) is 18.0.